The molecule has 0 aromatic heterocycles. The number of imide groups is 1. The van der Waals surface area contributed by atoms with E-state index in [2.05, 4.69) is 0 Å². The van der Waals surface area contributed by atoms with Gasteiger partial charge < -0.3 is 9.84 Å². The highest BCUT2D eigenvalue weighted by molar-refractivity contribution is 8.18. The lowest BCUT2D eigenvalue weighted by Gasteiger charge is -2.10. The van der Waals surface area contributed by atoms with Crippen molar-refractivity contribution in [3.05, 3.63) is 33.7 Å². The van der Waals surface area contributed by atoms with E-state index in [0.29, 0.717) is 16.7 Å². The van der Waals surface area contributed by atoms with E-state index in [1.165, 1.54) is 0 Å². The van der Waals surface area contributed by atoms with E-state index < -0.39 is 17.1 Å². The predicted octanol–water partition coefficient (Wildman–Crippen LogP) is 2.61. The lowest BCUT2D eigenvalue weighted by Crippen LogP contribution is -2.34. The number of nitrogens with zero attached hydrogens (tertiary/aromatic N) is 1. The number of aromatic hydroxyl groups is 1. The van der Waals surface area contributed by atoms with Crippen LogP contribution >= 0.6 is 11.8 Å². The Hall–Kier alpha value is -2.28. The van der Waals surface area contributed by atoms with Crippen molar-refractivity contribution >= 4 is 35.0 Å². The van der Waals surface area contributed by atoms with Gasteiger partial charge in [-0.05, 0) is 67.4 Å². The van der Waals surface area contributed by atoms with Crippen LogP contribution in [0.1, 0.15) is 23.6 Å². The van der Waals surface area contributed by atoms with E-state index in [1.54, 1.807) is 39.0 Å². The van der Waals surface area contributed by atoms with Crippen molar-refractivity contribution < 1.29 is 24.2 Å². The standard InChI is InChI=1S/C16H17NO5S/c1-4-22-13(18)8-17-15(20)12(23-16(17)21)7-11-5-9(2)14(19)10(3)6-11/h5-7,19H,4,8H2,1-3H3/b12-7+. The van der Waals surface area contributed by atoms with E-state index in [0.717, 1.165) is 16.7 Å². The van der Waals surface area contributed by atoms with Crippen molar-refractivity contribution in [1.29, 1.82) is 0 Å². The Balaban J connectivity index is 2.23. The van der Waals surface area contributed by atoms with Gasteiger partial charge in [0.05, 0.1) is 11.5 Å². The molecule has 1 aromatic rings. The summed E-state index contributed by atoms with van der Waals surface area (Å²) in [6.45, 7) is 4.97. The third kappa shape index (κ3) is 3.73. The molecule has 0 unspecified atom stereocenters. The number of benzene rings is 1. The summed E-state index contributed by atoms with van der Waals surface area (Å²) in [5, 5.41) is 9.27. The maximum absolute atomic E-state index is 12.3. The normalized spacial score (nSPS) is 16.3. The summed E-state index contributed by atoms with van der Waals surface area (Å²) in [7, 11) is 0. The van der Waals surface area contributed by atoms with Crippen molar-refractivity contribution in [3.63, 3.8) is 0 Å². The van der Waals surface area contributed by atoms with E-state index in [4.69, 9.17) is 4.74 Å². The van der Waals surface area contributed by atoms with Crippen LogP contribution in [-0.2, 0) is 14.3 Å². The molecule has 122 valence electrons. The summed E-state index contributed by atoms with van der Waals surface area (Å²) in [4.78, 5) is 36.7. The predicted molar refractivity (Wildman–Crippen MR) is 86.9 cm³/mol. The molecule has 2 amide bonds. The Kier molecular flexibility index (Phi) is 5.10. The third-order valence-electron chi connectivity index (χ3n) is 3.28. The van der Waals surface area contributed by atoms with Gasteiger partial charge in [-0.15, -0.1) is 0 Å². The second-order valence-corrected chi connectivity index (χ2v) is 6.07. The van der Waals surface area contributed by atoms with Crippen LogP contribution in [0.25, 0.3) is 6.08 Å². The topological polar surface area (TPSA) is 83.9 Å². The molecule has 0 atom stereocenters. The van der Waals surface area contributed by atoms with Crippen molar-refractivity contribution in [1.82, 2.24) is 4.90 Å². The number of phenolic OH excluding ortho intramolecular Hbond substituents is 1. The number of carbonyl (C=O) groups is 3. The monoisotopic (exact) mass is 335 g/mol. The highest BCUT2D eigenvalue weighted by Gasteiger charge is 2.36. The zero-order valence-electron chi connectivity index (χ0n) is 13.1. The lowest BCUT2D eigenvalue weighted by atomic mass is 10.1. The average molecular weight is 335 g/mol. The van der Waals surface area contributed by atoms with E-state index in [9.17, 15) is 19.5 Å². The fraction of sp³-hybridized carbons (Fsp3) is 0.312. The minimum atomic E-state index is -0.618. The maximum Gasteiger partial charge on any atom is 0.326 e. The van der Waals surface area contributed by atoms with E-state index in [-0.39, 0.29) is 23.8 Å². The molecule has 0 spiro atoms. The molecule has 23 heavy (non-hydrogen) atoms. The first-order valence-corrected chi connectivity index (χ1v) is 7.86. The van der Waals surface area contributed by atoms with Crippen LogP contribution in [0, 0.1) is 13.8 Å². The van der Waals surface area contributed by atoms with Gasteiger partial charge >= 0.3 is 5.97 Å². The highest BCUT2D eigenvalue weighted by atomic mass is 32.2. The molecular weight excluding hydrogens is 318 g/mol. The number of esters is 1. The SMILES string of the molecule is CCOC(=O)CN1C(=O)S/C(=C/c2cc(C)c(O)c(C)c2)C1=O. The minimum absolute atomic E-state index is 0.191. The van der Waals surface area contributed by atoms with Gasteiger partial charge in [-0.2, -0.15) is 0 Å². The molecule has 7 heteroatoms. The number of thioether (sulfide) groups is 1. The first-order chi connectivity index (χ1) is 10.8. The van der Waals surface area contributed by atoms with Gasteiger partial charge in [0.25, 0.3) is 11.1 Å². The highest BCUT2D eigenvalue weighted by Crippen LogP contribution is 2.33. The molecule has 1 fully saturated rings. The first kappa shape index (κ1) is 17.1. The second kappa shape index (κ2) is 6.87. The van der Waals surface area contributed by atoms with Gasteiger partial charge in [0, 0.05) is 0 Å². The molecule has 1 aromatic carbocycles. The number of rotatable bonds is 4. The van der Waals surface area contributed by atoms with Crippen LogP contribution in [0.2, 0.25) is 0 Å². The molecule has 0 saturated carbocycles. The molecule has 0 bridgehead atoms. The molecule has 1 heterocycles. The Labute approximate surface area is 138 Å². The molecule has 1 N–H and O–H groups in total. The molecule has 2 rings (SSSR count). The fourth-order valence-corrected chi connectivity index (χ4v) is 3.03. The summed E-state index contributed by atoms with van der Waals surface area (Å²) >= 11 is 0.781. The first-order valence-electron chi connectivity index (χ1n) is 7.04. The van der Waals surface area contributed by atoms with Gasteiger partial charge in [0.1, 0.15) is 12.3 Å². The third-order valence-corrected chi connectivity index (χ3v) is 4.18. The minimum Gasteiger partial charge on any atom is -0.507 e. The molecule has 6 nitrogen and oxygen atoms in total. The van der Waals surface area contributed by atoms with E-state index in [1.807, 2.05) is 0 Å². The van der Waals surface area contributed by atoms with Crippen LogP contribution in [0.15, 0.2) is 17.0 Å². The fourth-order valence-electron chi connectivity index (χ4n) is 2.20. The van der Waals surface area contributed by atoms with Gasteiger partial charge in [-0.1, -0.05) is 0 Å². The van der Waals surface area contributed by atoms with Gasteiger partial charge in [0.2, 0.25) is 0 Å². The van der Waals surface area contributed by atoms with Crippen LogP contribution < -0.4 is 0 Å². The number of ether oxygens (including phenoxy) is 1. The van der Waals surface area contributed by atoms with Crippen LogP contribution in [-0.4, -0.2) is 40.3 Å². The maximum atomic E-state index is 12.3. The zero-order chi connectivity index (χ0) is 17.1. The van der Waals surface area contributed by atoms with Crippen LogP contribution in [0.4, 0.5) is 4.79 Å². The summed E-state index contributed by atoms with van der Waals surface area (Å²) in [6, 6.07) is 3.45. The summed E-state index contributed by atoms with van der Waals surface area (Å²) in [5.41, 5.74) is 2.07. The Morgan fingerprint density at radius 2 is 1.91 bits per heavy atom. The van der Waals surface area contributed by atoms with Crippen LogP contribution in [0.3, 0.4) is 0 Å². The van der Waals surface area contributed by atoms with Gasteiger partial charge in [0.15, 0.2) is 0 Å². The van der Waals surface area contributed by atoms with Crippen LogP contribution in [0.5, 0.6) is 5.75 Å². The largest absolute Gasteiger partial charge is 0.507 e. The zero-order valence-corrected chi connectivity index (χ0v) is 13.9. The Morgan fingerprint density at radius 3 is 2.48 bits per heavy atom. The summed E-state index contributed by atoms with van der Waals surface area (Å²) in [5.74, 6) is -0.929. The van der Waals surface area contributed by atoms with Crippen molar-refractivity contribution in [2.45, 2.75) is 20.8 Å². The number of aryl methyl sites for hydroxylation is 2. The molecular formula is C16H17NO5S. The number of hydrogen-bond donors (Lipinski definition) is 1. The van der Waals surface area contributed by atoms with Gasteiger partial charge in [-0.25, -0.2) is 0 Å². The quantitative estimate of drug-likeness (QED) is 0.672. The van der Waals surface area contributed by atoms with Crippen molar-refractivity contribution in [3.8, 4) is 5.75 Å². The smallest absolute Gasteiger partial charge is 0.326 e. The summed E-state index contributed by atoms with van der Waals surface area (Å²) in [6.07, 6.45) is 1.58. The average Bonchev–Trinajstić information content (AvgIpc) is 2.72. The molecule has 1 aliphatic rings. The number of phenols is 1. The molecule has 1 aliphatic heterocycles. The number of amides is 2. The number of hydrogen-bond acceptors (Lipinski definition) is 6. The van der Waals surface area contributed by atoms with E-state index >= 15 is 0 Å². The Bertz CT molecular complexity index is 687. The van der Waals surface area contributed by atoms with Crippen molar-refractivity contribution in [2.75, 3.05) is 13.2 Å². The number of carbonyl (C=O) groups excluding carboxylic acids is 3. The Morgan fingerprint density at radius 1 is 1.30 bits per heavy atom. The second-order valence-electron chi connectivity index (χ2n) is 5.08. The molecule has 0 aliphatic carbocycles. The lowest BCUT2D eigenvalue weighted by molar-refractivity contribution is -0.145. The van der Waals surface area contributed by atoms with Crippen molar-refractivity contribution in [2.24, 2.45) is 0 Å². The summed E-state index contributed by atoms with van der Waals surface area (Å²) < 4.78 is 4.76. The molecule has 0 radical (unpaired) electrons. The molecule has 1 saturated heterocycles. The van der Waals surface area contributed by atoms with Gasteiger partial charge in [-0.3, -0.25) is 19.3 Å².